The van der Waals surface area contributed by atoms with Crippen molar-refractivity contribution in [2.75, 3.05) is 6.54 Å². The van der Waals surface area contributed by atoms with Crippen molar-refractivity contribution in [2.45, 2.75) is 20.8 Å². The number of amides is 1. The lowest BCUT2D eigenvalue weighted by Gasteiger charge is -2.04. The summed E-state index contributed by atoms with van der Waals surface area (Å²) in [5, 5.41) is 9.66. The van der Waals surface area contributed by atoms with Gasteiger partial charge in [-0.2, -0.15) is 0 Å². The van der Waals surface area contributed by atoms with Gasteiger partial charge in [0.05, 0.1) is 0 Å². The molecule has 0 atom stereocenters. The van der Waals surface area contributed by atoms with Gasteiger partial charge in [-0.3, -0.25) is 9.59 Å². The van der Waals surface area contributed by atoms with E-state index in [0.717, 1.165) is 11.1 Å². The zero-order valence-corrected chi connectivity index (χ0v) is 9.78. The Morgan fingerprint density at radius 2 is 1.94 bits per heavy atom. The van der Waals surface area contributed by atoms with Crippen LogP contribution in [0, 0.1) is 13.8 Å². The predicted octanol–water partition coefficient (Wildman–Crippen LogP) is 1.75. The van der Waals surface area contributed by atoms with Crippen molar-refractivity contribution in [1.29, 1.82) is 0 Å². The van der Waals surface area contributed by atoms with Crippen LogP contribution in [0.25, 0.3) is 0 Å². The molecule has 16 heavy (non-hydrogen) atoms. The Kier molecular flexibility index (Phi) is 6.59. The van der Waals surface area contributed by atoms with Crippen molar-refractivity contribution in [3.8, 4) is 0 Å². The highest BCUT2D eigenvalue weighted by molar-refractivity contribution is 5.94. The first kappa shape index (κ1) is 14.2. The quantitative estimate of drug-likeness (QED) is 0.751. The van der Waals surface area contributed by atoms with E-state index in [2.05, 4.69) is 5.32 Å². The second-order valence-corrected chi connectivity index (χ2v) is 3.26. The van der Waals surface area contributed by atoms with Gasteiger partial charge in [0.1, 0.15) is 0 Å². The lowest BCUT2D eigenvalue weighted by Crippen LogP contribution is -2.22. The van der Waals surface area contributed by atoms with Crippen molar-refractivity contribution >= 4 is 12.4 Å². The minimum Gasteiger partial charge on any atom is -0.483 e. The molecule has 0 radical (unpaired) electrons. The number of aryl methyl sites for hydroxylation is 2. The SMILES string of the molecule is CCNC(=O)c1ccc(C)c(C)c1.O=CO. The van der Waals surface area contributed by atoms with Gasteiger partial charge in [-0.15, -0.1) is 0 Å². The third-order valence-corrected chi connectivity index (χ3v) is 2.11. The van der Waals surface area contributed by atoms with E-state index in [9.17, 15) is 4.79 Å². The summed E-state index contributed by atoms with van der Waals surface area (Å²) in [5.41, 5.74) is 3.11. The van der Waals surface area contributed by atoms with Gasteiger partial charge in [-0.25, -0.2) is 0 Å². The smallest absolute Gasteiger partial charge is 0.290 e. The monoisotopic (exact) mass is 223 g/mol. The topological polar surface area (TPSA) is 66.4 Å². The van der Waals surface area contributed by atoms with Crippen molar-refractivity contribution in [3.05, 3.63) is 34.9 Å². The van der Waals surface area contributed by atoms with Crippen molar-refractivity contribution < 1.29 is 14.7 Å². The Bertz CT molecular complexity index is 361. The molecule has 1 aromatic carbocycles. The molecule has 1 amide bonds. The molecule has 0 aliphatic carbocycles. The number of hydrogen-bond donors (Lipinski definition) is 2. The number of hydrogen-bond acceptors (Lipinski definition) is 2. The molecule has 0 aliphatic rings. The van der Waals surface area contributed by atoms with Crippen LogP contribution in [0.15, 0.2) is 18.2 Å². The molecule has 2 N–H and O–H groups in total. The molecular weight excluding hydrogens is 206 g/mol. The van der Waals surface area contributed by atoms with Gasteiger partial charge in [-0.05, 0) is 44.0 Å². The van der Waals surface area contributed by atoms with Gasteiger partial charge in [0.15, 0.2) is 0 Å². The summed E-state index contributed by atoms with van der Waals surface area (Å²) in [6, 6.07) is 5.74. The average Bonchev–Trinajstić information content (AvgIpc) is 2.23. The van der Waals surface area contributed by atoms with Gasteiger partial charge in [0.25, 0.3) is 12.4 Å². The Labute approximate surface area is 95.3 Å². The van der Waals surface area contributed by atoms with E-state index in [1.165, 1.54) is 5.56 Å². The standard InChI is InChI=1S/C11H15NO.CH2O2/c1-4-12-11(13)10-6-5-8(2)9(3)7-10;2-1-3/h5-7H,4H2,1-3H3,(H,12,13);1H,(H,2,3). The third-order valence-electron chi connectivity index (χ3n) is 2.11. The summed E-state index contributed by atoms with van der Waals surface area (Å²) < 4.78 is 0. The average molecular weight is 223 g/mol. The minimum atomic E-state index is -0.250. The highest BCUT2D eigenvalue weighted by Gasteiger charge is 2.03. The zero-order chi connectivity index (χ0) is 12.6. The van der Waals surface area contributed by atoms with Crippen LogP contribution < -0.4 is 5.32 Å². The zero-order valence-electron chi connectivity index (χ0n) is 9.78. The number of nitrogens with one attached hydrogen (secondary N) is 1. The molecule has 0 bridgehead atoms. The molecule has 0 aromatic heterocycles. The first-order valence-electron chi connectivity index (χ1n) is 5.00. The largest absolute Gasteiger partial charge is 0.483 e. The molecule has 0 saturated heterocycles. The molecular formula is C12H17NO3. The van der Waals surface area contributed by atoms with Crippen molar-refractivity contribution in [1.82, 2.24) is 5.32 Å². The van der Waals surface area contributed by atoms with Crippen LogP contribution in [0.3, 0.4) is 0 Å². The molecule has 0 saturated carbocycles. The van der Waals surface area contributed by atoms with Crippen molar-refractivity contribution in [2.24, 2.45) is 0 Å². The Hall–Kier alpha value is -1.84. The number of carbonyl (C=O) groups excluding carboxylic acids is 1. The Morgan fingerprint density at radius 1 is 1.38 bits per heavy atom. The highest BCUT2D eigenvalue weighted by Crippen LogP contribution is 2.09. The second-order valence-electron chi connectivity index (χ2n) is 3.26. The van der Waals surface area contributed by atoms with E-state index in [-0.39, 0.29) is 12.4 Å². The Morgan fingerprint density at radius 3 is 2.38 bits per heavy atom. The lowest BCUT2D eigenvalue weighted by molar-refractivity contribution is -0.122. The van der Waals surface area contributed by atoms with Crippen LogP contribution in [0.5, 0.6) is 0 Å². The maximum absolute atomic E-state index is 11.4. The van der Waals surface area contributed by atoms with Crippen LogP contribution in [-0.4, -0.2) is 24.0 Å². The number of benzene rings is 1. The molecule has 4 nitrogen and oxygen atoms in total. The summed E-state index contributed by atoms with van der Waals surface area (Å²) in [6.07, 6.45) is 0. The van der Waals surface area contributed by atoms with Crippen LogP contribution >= 0.6 is 0 Å². The van der Waals surface area contributed by atoms with Gasteiger partial charge in [0, 0.05) is 12.1 Å². The fourth-order valence-corrected chi connectivity index (χ4v) is 1.15. The molecule has 0 aliphatic heterocycles. The van der Waals surface area contributed by atoms with Crippen LogP contribution in [0.2, 0.25) is 0 Å². The maximum atomic E-state index is 11.4. The van der Waals surface area contributed by atoms with Gasteiger partial charge < -0.3 is 10.4 Å². The van der Waals surface area contributed by atoms with E-state index in [4.69, 9.17) is 9.90 Å². The third kappa shape index (κ3) is 4.59. The van der Waals surface area contributed by atoms with Crippen LogP contribution in [0.1, 0.15) is 28.4 Å². The first-order chi connectivity index (χ1) is 7.56. The summed E-state index contributed by atoms with van der Waals surface area (Å²) >= 11 is 0. The van der Waals surface area contributed by atoms with E-state index >= 15 is 0 Å². The molecule has 0 fully saturated rings. The molecule has 0 unspecified atom stereocenters. The molecule has 88 valence electrons. The fourth-order valence-electron chi connectivity index (χ4n) is 1.15. The minimum absolute atomic E-state index is 0.00519. The van der Waals surface area contributed by atoms with Crippen LogP contribution in [0.4, 0.5) is 0 Å². The summed E-state index contributed by atoms with van der Waals surface area (Å²) in [7, 11) is 0. The van der Waals surface area contributed by atoms with E-state index in [1.54, 1.807) is 0 Å². The number of carbonyl (C=O) groups is 2. The van der Waals surface area contributed by atoms with Gasteiger partial charge >= 0.3 is 0 Å². The molecule has 1 aromatic rings. The first-order valence-corrected chi connectivity index (χ1v) is 5.00. The Balaban J connectivity index is 0.000000673. The molecule has 0 heterocycles. The summed E-state index contributed by atoms with van der Waals surface area (Å²) in [6.45, 7) is 6.39. The van der Waals surface area contributed by atoms with Crippen molar-refractivity contribution in [3.63, 3.8) is 0 Å². The van der Waals surface area contributed by atoms with E-state index in [1.807, 2.05) is 39.0 Å². The normalized spacial score (nSPS) is 8.69. The van der Waals surface area contributed by atoms with Gasteiger partial charge in [0.2, 0.25) is 0 Å². The van der Waals surface area contributed by atoms with E-state index in [0.29, 0.717) is 6.54 Å². The number of rotatable bonds is 2. The number of carboxylic acid groups (broad SMARTS) is 1. The lowest BCUT2D eigenvalue weighted by atomic mass is 10.1. The predicted molar refractivity (Wildman–Crippen MR) is 62.6 cm³/mol. The highest BCUT2D eigenvalue weighted by atomic mass is 16.3. The second kappa shape index (κ2) is 7.45. The fraction of sp³-hybridized carbons (Fsp3) is 0.333. The maximum Gasteiger partial charge on any atom is 0.290 e. The van der Waals surface area contributed by atoms with Crippen LogP contribution in [-0.2, 0) is 4.79 Å². The van der Waals surface area contributed by atoms with E-state index < -0.39 is 0 Å². The molecule has 0 spiro atoms. The van der Waals surface area contributed by atoms with Gasteiger partial charge in [-0.1, -0.05) is 6.07 Å². The molecule has 4 heteroatoms. The summed E-state index contributed by atoms with van der Waals surface area (Å²) in [4.78, 5) is 19.8. The molecule has 1 rings (SSSR count). The summed E-state index contributed by atoms with van der Waals surface area (Å²) in [5.74, 6) is 0.00519.